The number of nitro groups is 1. The highest BCUT2D eigenvalue weighted by Gasteiger charge is 2.17. The minimum atomic E-state index is -0.481. The molecule has 0 spiro atoms. The molecule has 1 heterocycles. The van der Waals surface area contributed by atoms with Crippen LogP contribution < -0.4 is 4.74 Å². The molecule has 0 radical (unpaired) electrons. The van der Waals surface area contributed by atoms with E-state index in [0.717, 1.165) is 5.56 Å². The molecule has 0 aliphatic heterocycles. The summed E-state index contributed by atoms with van der Waals surface area (Å²) in [6, 6.07) is 8.19. The number of rotatable bonds is 3. The van der Waals surface area contributed by atoms with Crippen molar-refractivity contribution >= 4 is 21.6 Å². The largest absolute Gasteiger partial charge is 0.431 e. The first-order chi connectivity index (χ1) is 8.58. The van der Waals surface area contributed by atoms with E-state index >= 15 is 0 Å². The third kappa shape index (κ3) is 2.65. The lowest BCUT2D eigenvalue weighted by Gasteiger charge is -2.07. The number of nitro benzene ring substituents is 1. The Morgan fingerprint density at radius 2 is 2.17 bits per heavy atom. The maximum absolute atomic E-state index is 10.9. The van der Waals surface area contributed by atoms with Gasteiger partial charge < -0.3 is 4.74 Å². The number of hydrogen-bond donors (Lipinski definition) is 0. The first kappa shape index (κ1) is 12.5. The van der Waals surface area contributed by atoms with Gasteiger partial charge in [0.15, 0.2) is 0 Å². The summed E-state index contributed by atoms with van der Waals surface area (Å²) in [5.74, 6) is 0.477. The summed E-state index contributed by atoms with van der Waals surface area (Å²) in [6.45, 7) is 1.84. The molecule has 0 fully saturated rings. The van der Waals surface area contributed by atoms with Gasteiger partial charge in [-0.3, -0.25) is 10.1 Å². The predicted molar refractivity (Wildman–Crippen MR) is 69.8 cm³/mol. The number of aryl methyl sites for hydroxylation is 1. The first-order valence-electron chi connectivity index (χ1n) is 5.11. The fourth-order valence-corrected chi connectivity index (χ4v) is 1.74. The first-order valence-corrected chi connectivity index (χ1v) is 5.90. The van der Waals surface area contributed by atoms with Gasteiger partial charge in [0.2, 0.25) is 11.6 Å². The Morgan fingerprint density at radius 3 is 2.83 bits per heavy atom. The van der Waals surface area contributed by atoms with Crippen molar-refractivity contribution in [2.45, 2.75) is 6.92 Å². The molecule has 18 heavy (non-hydrogen) atoms. The summed E-state index contributed by atoms with van der Waals surface area (Å²) < 4.78 is 6.12. The highest BCUT2D eigenvalue weighted by atomic mass is 79.9. The molecule has 0 saturated heterocycles. The standard InChI is InChI=1S/C12H9BrN2O3/c1-8-4-5-10(15(16)17)11(7-8)18-12-9(13)3-2-6-14-12/h2-7H,1H3. The van der Waals surface area contributed by atoms with Crippen LogP contribution in [0.5, 0.6) is 11.6 Å². The maximum atomic E-state index is 10.9. The molecule has 0 atom stereocenters. The number of nitrogens with zero attached hydrogens (tertiary/aromatic N) is 2. The van der Waals surface area contributed by atoms with Crippen LogP contribution in [0.15, 0.2) is 41.0 Å². The van der Waals surface area contributed by atoms with Crippen LogP contribution in [-0.4, -0.2) is 9.91 Å². The summed E-state index contributed by atoms with van der Waals surface area (Å²) in [6.07, 6.45) is 1.56. The van der Waals surface area contributed by atoms with Crippen molar-refractivity contribution in [1.82, 2.24) is 4.98 Å². The zero-order valence-corrected chi connectivity index (χ0v) is 11.0. The summed E-state index contributed by atoms with van der Waals surface area (Å²) >= 11 is 3.28. The van der Waals surface area contributed by atoms with E-state index in [1.165, 1.54) is 6.07 Å². The smallest absolute Gasteiger partial charge is 0.311 e. The van der Waals surface area contributed by atoms with E-state index in [2.05, 4.69) is 20.9 Å². The van der Waals surface area contributed by atoms with Crippen LogP contribution in [0.3, 0.4) is 0 Å². The molecule has 2 rings (SSSR count). The highest BCUT2D eigenvalue weighted by molar-refractivity contribution is 9.10. The van der Waals surface area contributed by atoms with E-state index in [9.17, 15) is 10.1 Å². The van der Waals surface area contributed by atoms with Crippen molar-refractivity contribution in [3.63, 3.8) is 0 Å². The molecule has 0 unspecified atom stereocenters. The van der Waals surface area contributed by atoms with E-state index < -0.39 is 4.92 Å². The summed E-state index contributed by atoms with van der Waals surface area (Å²) in [5, 5.41) is 10.9. The number of ether oxygens (including phenoxy) is 1. The van der Waals surface area contributed by atoms with E-state index in [1.54, 1.807) is 30.5 Å². The Kier molecular flexibility index (Phi) is 3.57. The highest BCUT2D eigenvalue weighted by Crippen LogP contribution is 2.33. The topological polar surface area (TPSA) is 65.3 Å². The fourth-order valence-electron chi connectivity index (χ4n) is 1.40. The average Bonchev–Trinajstić information content (AvgIpc) is 2.32. The van der Waals surface area contributed by atoms with Gasteiger partial charge in [-0.05, 0) is 46.6 Å². The van der Waals surface area contributed by atoms with Gasteiger partial charge in [-0.15, -0.1) is 0 Å². The number of benzene rings is 1. The molecule has 1 aromatic heterocycles. The van der Waals surface area contributed by atoms with Crippen molar-refractivity contribution in [2.24, 2.45) is 0 Å². The predicted octanol–water partition coefficient (Wildman–Crippen LogP) is 3.85. The van der Waals surface area contributed by atoms with Crippen LogP contribution in [0.1, 0.15) is 5.56 Å². The second-order valence-corrected chi connectivity index (χ2v) is 4.48. The summed E-state index contributed by atoms with van der Waals surface area (Å²) in [5.41, 5.74) is 0.792. The van der Waals surface area contributed by atoms with E-state index in [0.29, 0.717) is 10.4 Å². The lowest BCUT2D eigenvalue weighted by molar-refractivity contribution is -0.385. The number of hydrogen-bond acceptors (Lipinski definition) is 4. The summed E-state index contributed by atoms with van der Waals surface area (Å²) in [7, 11) is 0. The molecule has 1 aromatic carbocycles. The van der Waals surface area contributed by atoms with Gasteiger partial charge in [-0.25, -0.2) is 4.98 Å². The Balaban J connectivity index is 2.42. The van der Waals surface area contributed by atoms with Gasteiger partial charge in [0.05, 0.1) is 9.40 Å². The molecule has 0 N–H and O–H groups in total. The Labute approximate surface area is 112 Å². The normalized spacial score (nSPS) is 10.1. The van der Waals surface area contributed by atoms with Crippen LogP contribution in [-0.2, 0) is 0 Å². The number of pyridine rings is 1. The minimum Gasteiger partial charge on any atom is -0.431 e. The molecule has 5 nitrogen and oxygen atoms in total. The molecular weight excluding hydrogens is 300 g/mol. The molecule has 6 heteroatoms. The van der Waals surface area contributed by atoms with Gasteiger partial charge in [0.1, 0.15) is 0 Å². The van der Waals surface area contributed by atoms with Gasteiger partial charge >= 0.3 is 5.69 Å². The Morgan fingerprint density at radius 1 is 1.39 bits per heavy atom. The molecule has 0 aliphatic rings. The quantitative estimate of drug-likeness (QED) is 0.638. The van der Waals surface area contributed by atoms with Crippen LogP contribution in [0, 0.1) is 17.0 Å². The zero-order valence-electron chi connectivity index (χ0n) is 9.46. The molecule has 92 valence electrons. The molecule has 0 amide bonds. The lowest BCUT2D eigenvalue weighted by atomic mass is 10.2. The molecule has 0 saturated carbocycles. The van der Waals surface area contributed by atoms with E-state index in [1.807, 2.05) is 6.92 Å². The van der Waals surface area contributed by atoms with Crippen LogP contribution in [0.2, 0.25) is 0 Å². The van der Waals surface area contributed by atoms with Crippen molar-refractivity contribution in [3.05, 3.63) is 56.7 Å². The SMILES string of the molecule is Cc1ccc([N+](=O)[O-])c(Oc2ncccc2Br)c1. The Hall–Kier alpha value is -1.95. The average molecular weight is 309 g/mol. The van der Waals surface area contributed by atoms with Crippen LogP contribution in [0.25, 0.3) is 0 Å². The molecule has 0 aliphatic carbocycles. The van der Waals surface area contributed by atoms with Crippen molar-refractivity contribution in [3.8, 4) is 11.6 Å². The van der Waals surface area contributed by atoms with Gasteiger partial charge in [-0.2, -0.15) is 0 Å². The second-order valence-electron chi connectivity index (χ2n) is 3.62. The molecule has 2 aromatic rings. The Bertz CT molecular complexity index is 602. The molecular formula is C12H9BrN2O3. The van der Waals surface area contributed by atoms with Gasteiger partial charge in [0.25, 0.3) is 0 Å². The third-order valence-corrected chi connectivity index (χ3v) is 2.85. The van der Waals surface area contributed by atoms with Gasteiger partial charge in [-0.1, -0.05) is 6.07 Å². The van der Waals surface area contributed by atoms with Crippen molar-refractivity contribution in [1.29, 1.82) is 0 Å². The minimum absolute atomic E-state index is 0.0850. The molecule has 0 bridgehead atoms. The number of aromatic nitrogens is 1. The summed E-state index contributed by atoms with van der Waals surface area (Å²) in [4.78, 5) is 14.4. The van der Waals surface area contributed by atoms with Crippen LogP contribution >= 0.6 is 15.9 Å². The second kappa shape index (κ2) is 5.14. The zero-order chi connectivity index (χ0) is 13.1. The van der Waals surface area contributed by atoms with Crippen LogP contribution in [0.4, 0.5) is 5.69 Å². The lowest BCUT2D eigenvalue weighted by Crippen LogP contribution is -1.95. The van der Waals surface area contributed by atoms with E-state index in [4.69, 9.17) is 4.74 Å². The third-order valence-electron chi connectivity index (χ3n) is 2.24. The number of halogens is 1. The monoisotopic (exact) mass is 308 g/mol. The van der Waals surface area contributed by atoms with Crippen molar-refractivity contribution in [2.75, 3.05) is 0 Å². The van der Waals surface area contributed by atoms with E-state index in [-0.39, 0.29) is 11.4 Å². The maximum Gasteiger partial charge on any atom is 0.311 e. The van der Waals surface area contributed by atoms with Gasteiger partial charge in [0, 0.05) is 12.3 Å². The van der Waals surface area contributed by atoms with Crippen molar-refractivity contribution < 1.29 is 9.66 Å². The fraction of sp³-hybridized carbons (Fsp3) is 0.0833.